The van der Waals surface area contributed by atoms with Crippen LogP contribution in [0.25, 0.3) is 0 Å². The van der Waals surface area contributed by atoms with E-state index in [4.69, 9.17) is 0 Å². The van der Waals surface area contributed by atoms with Gasteiger partial charge in [0.1, 0.15) is 0 Å². The Balaban J connectivity index is 2.32. The van der Waals surface area contributed by atoms with Crippen LogP contribution in [0.1, 0.15) is 31.4 Å². The van der Waals surface area contributed by atoms with Crippen LogP contribution in [-0.2, 0) is 6.42 Å². The first kappa shape index (κ1) is 13.1. The molecule has 0 spiro atoms. The van der Waals surface area contributed by atoms with Crippen molar-refractivity contribution in [2.45, 2.75) is 26.7 Å². The summed E-state index contributed by atoms with van der Waals surface area (Å²) < 4.78 is 24.6. The van der Waals surface area contributed by atoms with Gasteiger partial charge in [0.15, 0.2) is 0 Å². The fraction of sp³-hybridized carbons (Fsp3) is 0.538. The first-order chi connectivity index (χ1) is 7.59. The molecular weight excluding hydrogens is 208 g/mol. The van der Waals surface area contributed by atoms with E-state index < -0.39 is 6.43 Å². The van der Waals surface area contributed by atoms with Gasteiger partial charge in [-0.2, -0.15) is 0 Å². The van der Waals surface area contributed by atoms with Crippen LogP contribution in [0.5, 0.6) is 0 Å². The molecule has 1 aromatic carbocycles. The molecule has 0 amide bonds. The Morgan fingerprint density at radius 1 is 1.12 bits per heavy atom. The second kappa shape index (κ2) is 6.59. The Bertz CT molecular complexity index is 293. The van der Waals surface area contributed by atoms with E-state index in [2.05, 4.69) is 19.2 Å². The second-order valence-corrected chi connectivity index (χ2v) is 4.39. The largest absolute Gasteiger partial charge is 0.316 e. The average Bonchev–Trinajstić information content (AvgIpc) is 2.25. The van der Waals surface area contributed by atoms with Crippen LogP contribution in [0.3, 0.4) is 0 Å². The number of nitrogens with one attached hydrogen (secondary N) is 1. The van der Waals surface area contributed by atoms with Crippen LogP contribution in [0.15, 0.2) is 24.3 Å². The lowest BCUT2D eigenvalue weighted by atomic mass is 10.1. The van der Waals surface area contributed by atoms with E-state index in [1.807, 2.05) is 0 Å². The van der Waals surface area contributed by atoms with Crippen LogP contribution in [0, 0.1) is 5.92 Å². The van der Waals surface area contributed by atoms with Gasteiger partial charge in [-0.25, -0.2) is 8.78 Å². The van der Waals surface area contributed by atoms with Crippen LogP contribution in [0.4, 0.5) is 8.78 Å². The van der Waals surface area contributed by atoms with Crippen molar-refractivity contribution in [1.82, 2.24) is 5.32 Å². The summed E-state index contributed by atoms with van der Waals surface area (Å²) in [6.07, 6.45) is -1.48. The molecule has 0 bridgehead atoms. The smallest absolute Gasteiger partial charge is 0.263 e. The molecule has 1 aromatic rings. The zero-order valence-electron chi connectivity index (χ0n) is 9.84. The third kappa shape index (κ3) is 4.71. The van der Waals surface area contributed by atoms with E-state index in [0.717, 1.165) is 25.1 Å². The van der Waals surface area contributed by atoms with Gasteiger partial charge in [0, 0.05) is 5.56 Å². The molecule has 90 valence electrons. The molecule has 0 fully saturated rings. The molecule has 0 unspecified atom stereocenters. The third-order valence-corrected chi connectivity index (χ3v) is 2.37. The summed E-state index contributed by atoms with van der Waals surface area (Å²) in [6, 6.07) is 6.56. The summed E-state index contributed by atoms with van der Waals surface area (Å²) in [7, 11) is 0. The highest BCUT2D eigenvalue weighted by Crippen LogP contribution is 2.18. The fourth-order valence-electron chi connectivity index (χ4n) is 1.45. The van der Waals surface area contributed by atoms with Gasteiger partial charge in [-0.05, 0) is 31.0 Å². The normalized spacial score (nSPS) is 11.4. The van der Waals surface area contributed by atoms with Crippen molar-refractivity contribution in [2.75, 3.05) is 13.1 Å². The summed E-state index contributed by atoms with van der Waals surface area (Å²) >= 11 is 0. The molecule has 1 nitrogen and oxygen atoms in total. The lowest BCUT2D eigenvalue weighted by Gasteiger charge is -2.07. The summed E-state index contributed by atoms with van der Waals surface area (Å²) in [5.41, 5.74) is 1.19. The molecule has 0 aromatic heterocycles. The molecule has 0 heterocycles. The standard InChI is InChI=1S/C13H19F2N/c1-10(2)9-16-8-7-11-3-5-12(6-4-11)13(14)15/h3-6,10,13,16H,7-9H2,1-2H3. The molecule has 0 aliphatic heterocycles. The van der Waals surface area contributed by atoms with E-state index >= 15 is 0 Å². The van der Waals surface area contributed by atoms with Gasteiger partial charge in [0.2, 0.25) is 0 Å². The average molecular weight is 227 g/mol. The van der Waals surface area contributed by atoms with E-state index in [1.165, 1.54) is 12.1 Å². The summed E-state index contributed by atoms with van der Waals surface area (Å²) in [5.74, 6) is 0.640. The van der Waals surface area contributed by atoms with Crippen molar-refractivity contribution in [2.24, 2.45) is 5.92 Å². The van der Waals surface area contributed by atoms with Crippen LogP contribution >= 0.6 is 0 Å². The highest BCUT2D eigenvalue weighted by Gasteiger charge is 2.05. The second-order valence-electron chi connectivity index (χ2n) is 4.39. The molecule has 0 aliphatic rings. The van der Waals surface area contributed by atoms with Crippen molar-refractivity contribution in [3.8, 4) is 0 Å². The van der Waals surface area contributed by atoms with Gasteiger partial charge in [0.05, 0.1) is 0 Å². The van der Waals surface area contributed by atoms with E-state index in [9.17, 15) is 8.78 Å². The highest BCUT2D eigenvalue weighted by molar-refractivity contribution is 5.23. The van der Waals surface area contributed by atoms with Crippen molar-refractivity contribution in [3.63, 3.8) is 0 Å². The zero-order valence-corrected chi connectivity index (χ0v) is 9.84. The molecule has 1 N–H and O–H groups in total. The Hall–Kier alpha value is -0.960. The Kier molecular flexibility index (Phi) is 5.39. The lowest BCUT2D eigenvalue weighted by Crippen LogP contribution is -2.22. The molecule has 0 atom stereocenters. The molecule has 16 heavy (non-hydrogen) atoms. The predicted octanol–water partition coefficient (Wildman–Crippen LogP) is 3.41. The van der Waals surface area contributed by atoms with Crippen LogP contribution < -0.4 is 5.32 Å². The molecule has 3 heteroatoms. The van der Waals surface area contributed by atoms with Crippen molar-refractivity contribution >= 4 is 0 Å². The fourth-order valence-corrected chi connectivity index (χ4v) is 1.45. The first-order valence-corrected chi connectivity index (χ1v) is 5.67. The Morgan fingerprint density at radius 3 is 2.25 bits per heavy atom. The molecule has 0 saturated carbocycles. The summed E-state index contributed by atoms with van der Waals surface area (Å²) in [4.78, 5) is 0. The van der Waals surface area contributed by atoms with Crippen molar-refractivity contribution < 1.29 is 8.78 Å². The first-order valence-electron chi connectivity index (χ1n) is 5.67. The minimum atomic E-state index is -2.37. The van der Waals surface area contributed by atoms with Gasteiger partial charge >= 0.3 is 0 Å². The summed E-state index contributed by atoms with van der Waals surface area (Å²) in [6.45, 7) is 6.20. The Labute approximate surface area is 95.9 Å². The van der Waals surface area contributed by atoms with Gasteiger partial charge < -0.3 is 5.32 Å². The maximum absolute atomic E-state index is 12.3. The maximum Gasteiger partial charge on any atom is 0.263 e. The number of rotatable bonds is 6. The van der Waals surface area contributed by atoms with Gasteiger partial charge in [-0.1, -0.05) is 38.1 Å². The van der Waals surface area contributed by atoms with E-state index in [0.29, 0.717) is 5.92 Å². The number of alkyl halides is 2. The number of halogens is 2. The topological polar surface area (TPSA) is 12.0 Å². The molecule has 0 radical (unpaired) electrons. The number of hydrogen-bond acceptors (Lipinski definition) is 1. The van der Waals surface area contributed by atoms with Gasteiger partial charge in [-0.15, -0.1) is 0 Å². The number of hydrogen-bond donors (Lipinski definition) is 1. The molecular formula is C13H19F2N. The predicted molar refractivity (Wildman–Crippen MR) is 62.8 cm³/mol. The monoisotopic (exact) mass is 227 g/mol. The van der Waals surface area contributed by atoms with Crippen molar-refractivity contribution in [1.29, 1.82) is 0 Å². The SMILES string of the molecule is CC(C)CNCCc1ccc(C(F)F)cc1. The number of benzene rings is 1. The van der Waals surface area contributed by atoms with Gasteiger partial charge in [0.25, 0.3) is 6.43 Å². The van der Waals surface area contributed by atoms with Crippen LogP contribution in [0.2, 0.25) is 0 Å². The van der Waals surface area contributed by atoms with Crippen LogP contribution in [-0.4, -0.2) is 13.1 Å². The molecule has 1 rings (SSSR count). The minimum absolute atomic E-state index is 0.0962. The Morgan fingerprint density at radius 2 is 1.75 bits per heavy atom. The van der Waals surface area contributed by atoms with Gasteiger partial charge in [-0.3, -0.25) is 0 Å². The zero-order chi connectivity index (χ0) is 12.0. The summed E-state index contributed by atoms with van der Waals surface area (Å²) in [5, 5.41) is 3.32. The lowest BCUT2D eigenvalue weighted by molar-refractivity contribution is 0.151. The van der Waals surface area contributed by atoms with E-state index in [-0.39, 0.29) is 5.56 Å². The highest BCUT2D eigenvalue weighted by atomic mass is 19.3. The van der Waals surface area contributed by atoms with E-state index in [1.54, 1.807) is 12.1 Å². The maximum atomic E-state index is 12.3. The quantitative estimate of drug-likeness (QED) is 0.734. The molecule has 0 saturated heterocycles. The molecule has 0 aliphatic carbocycles. The van der Waals surface area contributed by atoms with Crippen molar-refractivity contribution in [3.05, 3.63) is 35.4 Å². The third-order valence-electron chi connectivity index (χ3n) is 2.37. The minimum Gasteiger partial charge on any atom is -0.316 e.